The molecule has 2 aliphatic rings. The van der Waals surface area contributed by atoms with E-state index >= 15 is 0 Å². The maximum atomic E-state index is 12.5. The lowest BCUT2D eigenvalue weighted by Crippen LogP contribution is -2.58. The van der Waals surface area contributed by atoms with Crippen LogP contribution in [0.15, 0.2) is 30.3 Å². The van der Waals surface area contributed by atoms with Gasteiger partial charge in [-0.15, -0.1) is 0 Å². The van der Waals surface area contributed by atoms with Crippen LogP contribution >= 0.6 is 0 Å². The second-order valence-electron chi connectivity index (χ2n) is 8.41. The van der Waals surface area contributed by atoms with Crippen LogP contribution in [-0.4, -0.2) is 47.2 Å². The standard InChI is InChI=1S/C20H30N2O2/c1-15-18-10-17(13-22(15)19(23)24-20(2,3)4)12-21(14-18)11-16-8-6-5-7-9-16/h5-9,15,17-18H,10-14H2,1-4H3. The van der Waals surface area contributed by atoms with E-state index in [0.717, 1.165) is 26.2 Å². The molecule has 0 aromatic heterocycles. The van der Waals surface area contributed by atoms with Crippen molar-refractivity contribution in [2.75, 3.05) is 19.6 Å². The predicted octanol–water partition coefficient (Wildman–Crippen LogP) is 3.76. The van der Waals surface area contributed by atoms with E-state index in [1.165, 1.54) is 12.0 Å². The first kappa shape index (κ1) is 17.3. The lowest BCUT2D eigenvalue weighted by Gasteiger charge is -2.49. The van der Waals surface area contributed by atoms with Crippen LogP contribution in [0.3, 0.4) is 0 Å². The van der Waals surface area contributed by atoms with E-state index in [0.29, 0.717) is 11.8 Å². The number of hydrogen-bond donors (Lipinski definition) is 0. The summed E-state index contributed by atoms with van der Waals surface area (Å²) in [4.78, 5) is 17.0. The minimum absolute atomic E-state index is 0.152. The van der Waals surface area contributed by atoms with E-state index in [2.05, 4.69) is 42.2 Å². The molecule has 1 aromatic carbocycles. The van der Waals surface area contributed by atoms with Crippen molar-refractivity contribution >= 4 is 6.09 Å². The number of piperidine rings is 2. The zero-order chi connectivity index (χ0) is 17.3. The van der Waals surface area contributed by atoms with Gasteiger partial charge in [0.15, 0.2) is 0 Å². The SMILES string of the molecule is CC1C2CC(CN(Cc3ccccc3)C2)CN1C(=O)OC(C)(C)C. The summed E-state index contributed by atoms with van der Waals surface area (Å²) >= 11 is 0. The topological polar surface area (TPSA) is 32.8 Å². The smallest absolute Gasteiger partial charge is 0.410 e. The molecule has 0 radical (unpaired) electrons. The van der Waals surface area contributed by atoms with Crippen molar-refractivity contribution in [3.8, 4) is 0 Å². The average Bonchev–Trinajstić information content (AvgIpc) is 2.50. The molecule has 2 fully saturated rings. The van der Waals surface area contributed by atoms with E-state index in [4.69, 9.17) is 4.74 Å². The van der Waals surface area contributed by atoms with Crippen LogP contribution in [0.2, 0.25) is 0 Å². The summed E-state index contributed by atoms with van der Waals surface area (Å²) in [7, 11) is 0. The lowest BCUT2D eigenvalue weighted by atomic mass is 9.80. The zero-order valence-corrected chi connectivity index (χ0v) is 15.4. The molecule has 132 valence electrons. The van der Waals surface area contributed by atoms with Gasteiger partial charge in [0.25, 0.3) is 0 Å². The van der Waals surface area contributed by atoms with Gasteiger partial charge in [0, 0.05) is 32.2 Å². The van der Waals surface area contributed by atoms with Gasteiger partial charge in [-0.25, -0.2) is 4.79 Å². The first-order valence-corrected chi connectivity index (χ1v) is 9.08. The lowest BCUT2D eigenvalue weighted by molar-refractivity contribution is -0.0333. The van der Waals surface area contributed by atoms with Crippen molar-refractivity contribution < 1.29 is 9.53 Å². The van der Waals surface area contributed by atoms with Crippen molar-refractivity contribution in [1.82, 2.24) is 9.80 Å². The summed E-state index contributed by atoms with van der Waals surface area (Å²) in [6, 6.07) is 10.9. The van der Waals surface area contributed by atoms with Gasteiger partial charge in [-0.2, -0.15) is 0 Å². The highest BCUT2D eigenvalue weighted by Crippen LogP contribution is 2.34. The zero-order valence-electron chi connectivity index (χ0n) is 15.4. The molecule has 24 heavy (non-hydrogen) atoms. The molecule has 1 aromatic rings. The summed E-state index contributed by atoms with van der Waals surface area (Å²) in [5.41, 5.74) is 0.942. The van der Waals surface area contributed by atoms with Crippen molar-refractivity contribution in [3.63, 3.8) is 0 Å². The van der Waals surface area contributed by atoms with Crippen molar-refractivity contribution in [1.29, 1.82) is 0 Å². The number of likely N-dealkylation sites (tertiary alicyclic amines) is 2. The third-order valence-electron chi connectivity index (χ3n) is 5.15. The molecule has 2 aliphatic heterocycles. The molecule has 1 amide bonds. The number of benzene rings is 1. The Hall–Kier alpha value is -1.55. The number of carbonyl (C=O) groups is 1. The second-order valence-corrected chi connectivity index (χ2v) is 8.41. The van der Waals surface area contributed by atoms with Gasteiger partial charge in [0.05, 0.1) is 0 Å². The molecular weight excluding hydrogens is 300 g/mol. The highest BCUT2D eigenvalue weighted by molar-refractivity contribution is 5.68. The van der Waals surface area contributed by atoms with E-state index in [-0.39, 0.29) is 12.1 Å². The quantitative estimate of drug-likeness (QED) is 0.827. The fraction of sp³-hybridized carbons (Fsp3) is 0.650. The van der Waals surface area contributed by atoms with Gasteiger partial charge in [-0.05, 0) is 51.5 Å². The Labute approximate surface area is 145 Å². The molecule has 0 aliphatic carbocycles. The van der Waals surface area contributed by atoms with Crippen molar-refractivity contribution in [2.45, 2.75) is 52.3 Å². The molecule has 0 saturated carbocycles. The fourth-order valence-corrected chi connectivity index (χ4v) is 4.06. The summed E-state index contributed by atoms with van der Waals surface area (Å²) in [5.74, 6) is 1.09. The molecular formula is C20H30N2O2. The van der Waals surface area contributed by atoms with Crippen LogP contribution in [0.5, 0.6) is 0 Å². The third kappa shape index (κ3) is 4.10. The van der Waals surface area contributed by atoms with Gasteiger partial charge < -0.3 is 9.64 Å². The normalized spacial score (nSPS) is 27.8. The highest BCUT2D eigenvalue weighted by atomic mass is 16.6. The molecule has 4 nitrogen and oxygen atoms in total. The molecule has 0 N–H and O–H groups in total. The number of hydrogen-bond acceptors (Lipinski definition) is 3. The number of amides is 1. The Bertz CT molecular complexity index is 567. The van der Waals surface area contributed by atoms with E-state index in [1.54, 1.807) is 0 Å². The molecule has 2 bridgehead atoms. The van der Waals surface area contributed by atoms with Crippen LogP contribution in [-0.2, 0) is 11.3 Å². The van der Waals surface area contributed by atoms with Gasteiger partial charge in [0.1, 0.15) is 5.60 Å². The van der Waals surface area contributed by atoms with Gasteiger partial charge in [0.2, 0.25) is 0 Å². The monoisotopic (exact) mass is 330 g/mol. The minimum Gasteiger partial charge on any atom is -0.444 e. The summed E-state index contributed by atoms with van der Waals surface area (Å²) in [6.07, 6.45) is 1.08. The van der Waals surface area contributed by atoms with E-state index in [1.807, 2.05) is 25.7 Å². The fourth-order valence-electron chi connectivity index (χ4n) is 4.06. The first-order chi connectivity index (χ1) is 11.3. The molecule has 3 atom stereocenters. The molecule has 4 heteroatoms. The Morgan fingerprint density at radius 2 is 1.88 bits per heavy atom. The Kier molecular flexibility index (Phi) is 4.86. The van der Waals surface area contributed by atoms with Crippen molar-refractivity contribution in [3.05, 3.63) is 35.9 Å². The van der Waals surface area contributed by atoms with Crippen molar-refractivity contribution in [2.24, 2.45) is 11.8 Å². The molecule has 3 rings (SSSR count). The van der Waals surface area contributed by atoms with Crippen LogP contribution in [0.4, 0.5) is 4.79 Å². The average molecular weight is 330 g/mol. The number of fused-ring (bicyclic) bond motifs is 2. The number of nitrogens with zero attached hydrogens (tertiary/aromatic N) is 2. The van der Waals surface area contributed by atoms with Crippen LogP contribution in [0.25, 0.3) is 0 Å². The number of rotatable bonds is 2. The second kappa shape index (κ2) is 6.75. The third-order valence-corrected chi connectivity index (χ3v) is 5.15. The predicted molar refractivity (Wildman–Crippen MR) is 95.7 cm³/mol. The molecule has 2 heterocycles. The molecule has 3 unspecified atom stereocenters. The van der Waals surface area contributed by atoms with E-state index in [9.17, 15) is 4.79 Å². The Morgan fingerprint density at radius 1 is 1.17 bits per heavy atom. The molecule has 0 spiro atoms. The van der Waals surface area contributed by atoms with Crippen LogP contribution in [0.1, 0.15) is 39.7 Å². The minimum atomic E-state index is -0.428. The van der Waals surface area contributed by atoms with Crippen LogP contribution < -0.4 is 0 Å². The van der Waals surface area contributed by atoms with E-state index < -0.39 is 5.60 Å². The number of carbonyl (C=O) groups excluding carboxylic acids is 1. The largest absolute Gasteiger partial charge is 0.444 e. The Balaban J connectivity index is 1.63. The summed E-state index contributed by atoms with van der Waals surface area (Å²) in [5, 5.41) is 0. The Morgan fingerprint density at radius 3 is 2.54 bits per heavy atom. The summed E-state index contributed by atoms with van der Waals surface area (Å²) in [6.45, 7) is 11.9. The van der Waals surface area contributed by atoms with Crippen LogP contribution in [0, 0.1) is 11.8 Å². The maximum Gasteiger partial charge on any atom is 0.410 e. The molecule has 2 saturated heterocycles. The first-order valence-electron chi connectivity index (χ1n) is 9.08. The summed E-state index contributed by atoms with van der Waals surface area (Å²) < 4.78 is 5.61. The highest BCUT2D eigenvalue weighted by Gasteiger charge is 2.41. The number of ether oxygens (including phenoxy) is 1. The maximum absolute atomic E-state index is 12.5. The van der Waals surface area contributed by atoms with Gasteiger partial charge in [-0.3, -0.25) is 4.90 Å². The van der Waals surface area contributed by atoms with Gasteiger partial charge >= 0.3 is 6.09 Å². The van der Waals surface area contributed by atoms with Gasteiger partial charge in [-0.1, -0.05) is 30.3 Å².